The topological polar surface area (TPSA) is 95.3 Å². The van der Waals surface area contributed by atoms with Crippen LogP contribution in [0.4, 0.5) is 4.39 Å². The van der Waals surface area contributed by atoms with Gasteiger partial charge in [0.15, 0.2) is 0 Å². The number of carbonyl (C=O) groups is 2. The molecule has 2 heterocycles. The summed E-state index contributed by atoms with van der Waals surface area (Å²) in [5, 5.41) is 5.64. The van der Waals surface area contributed by atoms with Crippen molar-refractivity contribution in [1.82, 2.24) is 19.9 Å². The van der Waals surface area contributed by atoms with E-state index < -0.39 is 23.5 Å². The van der Waals surface area contributed by atoms with E-state index in [0.717, 1.165) is 16.4 Å². The molecule has 0 radical (unpaired) electrons. The maximum absolute atomic E-state index is 13.8. The number of esters is 1. The second kappa shape index (κ2) is 14.8. The molecule has 11 heteroatoms. The highest BCUT2D eigenvalue weighted by Gasteiger charge is 2.28. The van der Waals surface area contributed by atoms with Crippen LogP contribution in [0.1, 0.15) is 60.0 Å². The average Bonchev–Trinajstić information content (AvgIpc) is 3.64. The lowest BCUT2D eigenvalue weighted by atomic mass is 9.96. The molecule has 0 aliphatic carbocycles. The van der Waals surface area contributed by atoms with Crippen LogP contribution in [0.2, 0.25) is 0 Å². The van der Waals surface area contributed by atoms with Gasteiger partial charge in [-0.2, -0.15) is 11.8 Å². The van der Waals surface area contributed by atoms with Crippen LogP contribution in [-0.2, 0) is 34.3 Å². The molecule has 0 aliphatic rings. The smallest absolute Gasteiger partial charge is 0.329 e. The number of nitrogens with zero attached hydrogens (tertiary/aromatic N) is 3. The van der Waals surface area contributed by atoms with E-state index in [2.05, 4.69) is 15.3 Å². The van der Waals surface area contributed by atoms with E-state index in [1.807, 2.05) is 41.6 Å². The van der Waals surface area contributed by atoms with Crippen molar-refractivity contribution in [1.29, 1.82) is 0 Å². The maximum Gasteiger partial charge on any atom is 0.329 e. The van der Waals surface area contributed by atoms with E-state index in [4.69, 9.17) is 9.47 Å². The molecule has 228 valence electrons. The van der Waals surface area contributed by atoms with Gasteiger partial charge in [0.1, 0.15) is 34.4 Å². The van der Waals surface area contributed by atoms with Crippen molar-refractivity contribution in [2.75, 3.05) is 12.0 Å². The van der Waals surface area contributed by atoms with Crippen LogP contribution in [0.5, 0.6) is 0 Å². The SMILES string of the molecule is CSCC[C@H](NC(=O)c1ccc(COC(Cc2nccn2C)c2nccs2)cc1-c1ccc(F)cc1)C(=O)OC(C)(C)C. The van der Waals surface area contributed by atoms with Gasteiger partial charge >= 0.3 is 5.97 Å². The van der Waals surface area contributed by atoms with E-state index in [-0.39, 0.29) is 18.5 Å². The number of halogens is 1. The molecule has 0 bridgehead atoms. The minimum atomic E-state index is -0.812. The lowest BCUT2D eigenvalue weighted by molar-refractivity contribution is -0.157. The Labute approximate surface area is 260 Å². The zero-order valence-electron chi connectivity index (χ0n) is 25.0. The highest BCUT2D eigenvalue weighted by molar-refractivity contribution is 7.98. The van der Waals surface area contributed by atoms with Gasteiger partial charge in [0.2, 0.25) is 0 Å². The van der Waals surface area contributed by atoms with Gasteiger partial charge in [0.05, 0.1) is 6.61 Å². The number of carbonyl (C=O) groups excluding carboxylic acids is 2. The first kappa shape index (κ1) is 32.4. The third kappa shape index (κ3) is 9.22. The predicted octanol–water partition coefficient (Wildman–Crippen LogP) is 6.38. The van der Waals surface area contributed by atoms with Crippen molar-refractivity contribution in [3.05, 3.63) is 94.2 Å². The first-order valence-corrected chi connectivity index (χ1v) is 16.2. The highest BCUT2D eigenvalue weighted by Crippen LogP contribution is 2.29. The van der Waals surface area contributed by atoms with Crippen LogP contribution < -0.4 is 5.32 Å². The lowest BCUT2D eigenvalue weighted by Crippen LogP contribution is -2.44. The number of rotatable bonds is 13. The summed E-state index contributed by atoms with van der Waals surface area (Å²) in [6, 6.07) is 10.6. The van der Waals surface area contributed by atoms with E-state index in [9.17, 15) is 14.0 Å². The normalized spacial score (nSPS) is 13.0. The Kier molecular flexibility index (Phi) is 11.1. The predicted molar refractivity (Wildman–Crippen MR) is 168 cm³/mol. The molecule has 0 fully saturated rings. The van der Waals surface area contributed by atoms with Crippen LogP contribution in [0.15, 0.2) is 66.4 Å². The summed E-state index contributed by atoms with van der Waals surface area (Å²) in [5.41, 5.74) is 1.76. The molecule has 1 amide bonds. The molecule has 43 heavy (non-hydrogen) atoms. The number of hydrogen-bond acceptors (Lipinski definition) is 8. The van der Waals surface area contributed by atoms with Crippen molar-refractivity contribution in [2.24, 2.45) is 7.05 Å². The van der Waals surface area contributed by atoms with E-state index in [0.29, 0.717) is 35.3 Å². The standard InChI is InChI=1S/C32H37FN4O4S2/c1-32(2,3)41-31(39)26(12-16-42-5)36-29(38)24-11-6-21(18-25(24)22-7-9-23(33)10-8-22)20-40-27(30-35-14-17-43-30)19-28-34-13-15-37(28)4/h6-11,13-15,17-18,26-27H,12,16,19-20H2,1-5H3,(H,36,38)/t26-,27?/m0/s1. The number of ether oxygens (including phenoxy) is 2. The monoisotopic (exact) mass is 624 g/mol. The van der Waals surface area contributed by atoms with Crippen molar-refractivity contribution in [3.63, 3.8) is 0 Å². The first-order valence-electron chi connectivity index (χ1n) is 13.9. The summed E-state index contributed by atoms with van der Waals surface area (Å²) in [5.74, 6) is 0.268. The number of aryl methyl sites for hydroxylation is 1. The summed E-state index contributed by atoms with van der Waals surface area (Å²) in [6.07, 6.45) is 7.99. The van der Waals surface area contributed by atoms with Crippen LogP contribution >= 0.6 is 23.1 Å². The number of amides is 1. The second-order valence-electron chi connectivity index (χ2n) is 11.1. The van der Waals surface area contributed by atoms with Crippen molar-refractivity contribution >= 4 is 35.0 Å². The molecule has 1 N–H and O–H groups in total. The number of thioether (sulfide) groups is 1. The quantitative estimate of drug-likeness (QED) is 0.173. The zero-order valence-corrected chi connectivity index (χ0v) is 26.6. The van der Waals surface area contributed by atoms with Crippen molar-refractivity contribution < 1.29 is 23.5 Å². The van der Waals surface area contributed by atoms with Gasteiger partial charge in [-0.3, -0.25) is 4.79 Å². The Balaban J connectivity index is 1.60. The molecule has 4 aromatic rings. The summed E-state index contributed by atoms with van der Waals surface area (Å²) < 4.78 is 27.7. The summed E-state index contributed by atoms with van der Waals surface area (Å²) in [4.78, 5) is 35.5. The van der Waals surface area contributed by atoms with Gasteiger partial charge < -0.3 is 19.4 Å². The molecular weight excluding hydrogens is 588 g/mol. The minimum absolute atomic E-state index is 0.249. The molecular formula is C32H37FN4O4S2. The first-order chi connectivity index (χ1) is 20.5. The van der Waals surface area contributed by atoms with Crippen molar-refractivity contribution in [3.8, 4) is 11.1 Å². The largest absolute Gasteiger partial charge is 0.458 e. The van der Waals surface area contributed by atoms with E-state index in [1.54, 1.807) is 63.1 Å². The number of aromatic nitrogens is 3. The van der Waals surface area contributed by atoms with Gasteiger partial charge in [-0.1, -0.05) is 18.2 Å². The zero-order chi connectivity index (χ0) is 31.0. The molecule has 2 aromatic heterocycles. The van der Waals surface area contributed by atoms with E-state index in [1.165, 1.54) is 23.5 Å². The number of imidazole rings is 1. The van der Waals surface area contributed by atoms with Gasteiger partial charge in [0.25, 0.3) is 5.91 Å². The third-order valence-electron chi connectivity index (χ3n) is 6.56. The molecule has 2 aromatic carbocycles. The molecule has 8 nitrogen and oxygen atoms in total. The Hall–Kier alpha value is -3.54. The summed E-state index contributed by atoms with van der Waals surface area (Å²) in [6.45, 7) is 5.63. The number of hydrogen-bond donors (Lipinski definition) is 1. The van der Waals surface area contributed by atoms with Gasteiger partial charge in [0, 0.05) is 43.0 Å². The molecule has 0 saturated heterocycles. The third-order valence-corrected chi connectivity index (χ3v) is 8.07. The number of thiazole rings is 1. The summed E-state index contributed by atoms with van der Waals surface area (Å²) in [7, 11) is 1.94. The average molecular weight is 625 g/mol. The number of nitrogens with one attached hydrogen (secondary N) is 1. The van der Waals surface area contributed by atoms with Gasteiger partial charge in [-0.25, -0.2) is 19.2 Å². The van der Waals surface area contributed by atoms with Gasteiger partial charge in [-0.05, 0) is 80.2 Å². The van der Waals surface area contributed by atoms with Gasteiger partial charge in [-0.15, -0.1) is 11.3 Å². The molecule has 1 unspecified atom stereocenters. The maximum atomic E-state index is 13.8. The Bertz CT molecular complexity index is 1500. The fourth-order valence-corrected chi connectivity index (χ4v) is 5.57. The molecule has 0 saturated carbocycles. The lowest BCUT2D eigenvalue weighted by Gasteiger charge is -2.25. The highest BCUT2D eigenvalue weighted by atomic mass is 32.2. The molecule has 2 atom stereocenters. The fourth-order valence-electron chi connectivity index (χ4n) is 4.41. The fraction of sp³-hybridized carbons (Fsp3) is 0.375. The second-order valence-corrected chi connectivity index (χ2v) is 13.0. The Morgan fingerprint density at radius 1 is 1.12 bits per heavy atom. The van der Waals surface area contributed by atoms with Crippen LogP contribution in [0.3, 0.4) is 0 Å². The van der Waals surface area contributed by atoms with Crippen molar-refractivity contribution in [2.45, 2.75) is 58.0 Å². The van der Waals surface area contributed by atoms with Crippen LogP contribution in [0.25, 0.3) is 11.1 Å². The molecule has 4 rings (SSSR count). The minimum Gasteiger partial charge on any atom is -0.458 e. The van der Waals surface area contributed by atoms with E-state index >= 15 is 0 Å². The molecule has 0 spiro atoms. The Morgan fingerprint density at radius 3 is 2.51 bits per heavy atom. The van der Waals surface area contributed by atoms with Crippen LogP contribution in [0, 0.1) is 5.82 Å². The van der Waals surface area contributed by atoms with Crippen LogP contribution in [-0.4, -0.2) is 50.1 Å². The Morgan fingerprint density at radius 2 is 1.88 bits per heavy atom. The number of benzene rings is 2. The summed E-state index contributed by atoms with van der Waals surface area (Å²) >= 11 is 3.10. The molecule has 0 aliphatic heterocycles.